The quantitative estimate of drug-likeness (QED) is 0.935. The zero-order valence-electron chi connectivity index (χ0n) is 13.7. The number of likely N-dealkylation sites (N-methyl/N-ethyl adjacent to an activating group) is 1. The number of nitrogens with one attached hydrogen (secondary N) is 1. The SMILES string of the molecule is CN1CCN(C(=O)c2ccc(NCc3ccccc3F)cn2)CC1. The van der Waals surface area contributed by atoms with E-state index in [1.165, 1.54) is 6.07 Å². The van der Waals surface area contributed by atoms with E-state index in [4.69, 9.17) is 0 Å². The van der Waals surface area contributed by atoms with E-state index in [-0.39, 0.29) is 11.7 Å². The number of carbonyl (C=O) groups is 1. The van der Waals surface area contributed by atoms with Crippen LogP contribution in [0.5, 0.6) is 0 Å². The maximum absolute atomic E-state index is 13.6. The number of anilines is 1. The van der Waals surface area contributed by atoms with Gasteiger partial charge in [-0.2, -0.15) is 0 Å². The Bertz CT molecular complexity index is 696. The molecule has 1 aromatic heterocycles. The summed E-state index contributed by atoms with van der Waals surface area (Å²) in [5.41, 5.74) is 1.79. The fourth-order valence-corrected chi connectivity index (χ4v) is 2.64. The Balaban J connectivity index is 1.59. The number of hydrogen-bond acceptors (Lipinski definition) is 4. The fourth-order valence-electron chi connectivity index (χ4n) is 2.64. The lowest BCUT2D eigenvalue weighted by molar-refractivity contribution is 0.0658. The molecule has 0 unspecified atom stereocenters. The molecule has 1 saturated heterocycles. The summed E-state index contributed by atoms with van der Waals surface area (Å²) in [5.74, 6) is -0.274. The van der Waals surface area contributed by atoms with Crippen molar-refractivity contribution in [2.75, 3.05) is 38.5 Å². The second-order valence-corrected chi connectivity index (χ2v) is 5.97. The summed E-state index contributed by atoms with van der Waals surface area (Å²) in [4.78, 5) is 20.7. The van der Waals surface area contributed by atoms with Gasteiger partial charge in [-0.05, 0) is 25.2 Å². The van der Waals surface area contributed by atoms with Gasteiger partial charge >= 0.3 is 0 Å². The third-order valence-corrected chi connectivity index (χ3v) is 4.21. The molecule has 0 saturated carbocycles. The summed E-state index contributed by atoms with van der Waals surface area (Å²) in [6.07, 6.45) is 1.62. The minimum absolute atomic E-state index is 0.0382. The Kier molecular flexibility index (Phi) is 5.05. The molecule has 5 nitrogen and oxygen atoms in total. The maximum Gasteiger partial charge on any atom is 0.272 e. The van der Waals surface area contributed by atoms with E-state index < -0.39 is 0 Å². The first-order valence-corrected chi connectivity index (χ1v) is 8.04. The van der Waals surface area contributed by atoms with Crippen LogP contribution in [0.2, 0.25) is 0 Å². The van der Waals surface area contributed by atoms with Crippen LogP contribution in [0.1, 0.15) is 16.1 Å². The summed E-state index contributed by atoms with van der Waals surface area (Å²) < 4.78 is 13.6. The molecule has 6 heteroatoms. The van der Waals surface area contributed by atoms with Crippen LogP contribution in [-0.4, -0.2) is 53.9 Å². The highest BCUT2D eigenvalue weighted by atomic mass is 19.1. The molecule has 0 aliphatic carbocycles. The summed E-state index contributed by atoms with van der Waals surface area (Å²) in [6, 6.07) is 10.2. The van der Waals surface area contributed by atoms with E-state index in [2.05, 4.69) is 22.2 Å². The maximum atomic E-state index is 13.6. The topological polar surface area (TPSA) is 48.5 Å². The molecule has 2 heterocycles. The van der Waals surface area contributed by atoms with Crippen molar-refractivity contribution in [1.29, 1.82) is 0 Å². The van der Waals surface area contributed by atoms with Gasteiger partial charge in [-0.15, -0.1) is 0 Å². The smallest absolute Gasteiger partial charge is 0.272 e. The summed E-state index contributed by atoms with van der Waals surface area (Å²) in [7, 11) is 2.05. The first-order chi connectivity index (χ1) is 11.6. The van der Waals surface area contributed by atoms with Crippen LogP contribution in [0.3, 0.4) is 0 Å². The van der Waals surface area contributed by atoms with Crippen LogP contribution in [0.4, 0.5) is 10.1 Å². The predicted octanol–water partition coefficient (Wildman–Crippen LogP) is 2.22. The molecular weight excluding hydrogens is 307 g/mol. The Morgan fingerprint density at radius 2 is 1.92 bits per heavy atom. The standard InChI is InChI=1S/C18H21FN4O/c1-22-8-10-23(11-9-22)18(24)17-7-6-15(13-21-17)20-12-14-4-2-3-5-16(14)19/h2-7,13,20H,8-12H2,1H3. The Morgan fingerprint density at radius 3 is 2.58 bits per heavy atom. The van der Waals surface area contributed by atoms with Gasteiger partial charge in [0.05, 0.1) is 11.9 Å². The molecule has 1 N–H and O–H groups in total. The second-order valence-electron chi connectivity index (χ2n) is 5.97. The number of amides is 1. The molecular formula is C18H21FN4O. The van der Waals surface area contributed by atoms with Crippen molar-refractivity contribution in [2.45, 2.75) is 6.54 Å². The number of benzene rings is 1. The van der Waals surface area contributed by atoms with Crippen LogP contribution in [0.15, 0.2) is 42.6 Å². The van der Waals surface area contributed by atoms with Crippen molar-refractivity contribution >= 4 is 11.6 Å². The molecule has 1 aliphatic heterocycles. The average Bonchev–Trinajstić information content (AvgIpc) is 2.62. The lowest BCUT2D eigenvalue weighted by atomic mass is 10.2. The van der Waals surface area contributed by atoms with Gasteiger partial charge in [0.15, 0.2) is 0 Å². The number of rotatable bonds is 4. The summed E-state index contributed by atoms with van der Waals surface area (Å²) >= 11 is 0. The highest BCUT2D eigenvalue weighted by Gasteiger charge is 2.21. The largest absolute Gasteiger partial charge is 0.380 e. The lowest BCUT2D eigenvalue weighted by Gasteiger charge is -2.32. The van der Waals surface area contributed by atoms with Gasteiger partial charge in [-0.25, -0.2) is 9.37 Å². The van der Waals surface area contributed by atoms with E-state index in [0.29, 0.717) is 17.8 Å². The number of halogens is 1. The number of aromatic nitrogens is 1. The fraction of sp³-hybridized carbons (Fsp3) is 0.333. The van der Waals surface area contributed by atoms with Gasteiger partial charge in [0, 0.05) is 38.3 Å². The minimum atomic E-state index is -0.236. The Labute approximate surface area is 141 Å². The van der Waals surface area contributed by atoms with E-state index in [0.717, 1.165) is 31.9 Å². The van der Waals surface area contributed by atoms with Crippen LogP contribution >= 0.6 is 0 Å². The number of hydrogen-bond donors (Lipinski definition) is 1. The molecule has 0 spiro atoms. The molecule has 0 atom stereocenters. The number of carbonyl (C=O) groups excluding carboxylic acids is 1. The van der Waals surface area contributed by atoms with Crippen molar-refractivity contribution in [3.63, 3.8) is 0 Å². The molecule has 2 aromatic rings. The molecule has 1 aliphatic rings. The minimum Gasteiger partial charge on any atom is -0.380 e. The van der Waals surface area contributed by atoms with Gasteiger partial charge in [-0.1, -0.05) is 18.2 Å². The van der Waals surface area contributed by atoms with Crippen molar-refractivity contribution in [3.8, 4) is 0 Å². The van der Waals surface area contributed by atoms with Crippen LogP contribution in [0, 0.1) is 5.82 Å². The highest BCUT2D eigenvalue weighted by molar-refractivity contribution is 5.92. The molecule has 0 radical (unpaired) electrons. The van der Waals surface area contributed by atoms with Gasteiger partial charge in [0.2, 0.25) is 0 Å². The molecule has 1 aromatic carbocycles. The van der Waals surface area contributed by atoms with Crippen molar-refractivity contribution in [2.24, 2.45) is 0 Å². The van der Waals surface area contributed by atoms with Gasteiger partial charge < -0.3 is 15.1 Å². The van der Waals surface area contributed by atoms with Crippen LogP contribution < -0.4 is 5.32 Å². The molecule has 24 heavy (non-hydrogen) atoms. The first-order valence-electron chi connectivity index (χ1n) is 8.04. The van der Waals surface area contributed by atoms with Crippen molar-refractivity contribution < 1.29 is 9.18 Å². The molecule has 3 rings (SSSR count). The normalized spacial score (nSPS) is 15.3. The number of nitrogens with zero attached hydrogens (tertiary/aromatic N) is 3. The zero-order chi connectivity index (χ0) is 16.9. The van der Waals surface area contributed by atoms with Crippen LogP contribution in [-0.2, 0) is 6.54 Å². The van der Waals surface area contributed by atoms with E-state index in [1.54, 1.807) is 36.5 Å². The summed E-state index contributed by atoms with van der Waals surface area (Å²) in [6.45, 7) is 3.59. The Morgan fingerprint density at radius 1 is 1.17 bits per heavy atom. The van der Waals surface area contributed by atoms with Crippen LogP contribution in [0.25, 0.3) is 0 Å². The third kappa shape index (κ3) is 3.89. The molecule has 1 amide bonds. The van der Waals surface area contributed by atoms with E-state index in [1.807, 2.05) is 4.90 Å². The molecule has 0 bridgehead atoms. The molecule has 1 fully saturated rings. The highest BCUT2D eigenvalue weighted by Crippen LogP contribution is 2.13. The number of piperazine rings is 1. The Hall–Kier alpha value is -2.47. The summed E-state index contributed by atoms with van der Waals surface area (Å²) in [5, 5.41) is 3.12. The first kappa shape index (κ1) is 16.4. The van der Waals surface area contributed by atoms with E-state index >= 15 is 0 Å². The second kappa shape index (κ2) is 7.40. The molecule has 126 valence electrons. The monoisotopic (exact) mass is 328 g/mol. The van der Waals surface area contributed by atoms with Gasteiger partial charge in [-0.3, -0.25) is 4.79 Å². The lowest BCUT2D eigenvalue weighted by Crippen LogP contribution is -2.47. The predicted molar refractivity (Wildman–Crippen MR) is 91.4 cm³/mol. The third-order valence-electron chi connectivity index (χ3n) is 4.21. The van der Waals surface area contributed by atoms with Crippen molar-refractivity contribution in [1.82, 2.24) is 14.8 Å². The number of pyridine rings is 1. The van der Waals surface area contributed by atoms with E-state index in [9.17, 15) is 9.18 Å². The zero-order valence-corrected chi connectivity index (χ0v) is 13.7. The average molecular weight is 328 g/mol. The van der Waals surface area contributed by atoms with Gasteiger partial charge in [0.25, 0.3) is 5.91 Å². The van der Waals surface area contributed by atoms with Crippen molar-refractivity contribution in [3.05, 3.63) is 59.7 Å². The van der Waals surface area contributed by atoms with Gasteiger partial charge in [0.1, 0.15) is 11.5 Å².